The van der Waals surface area contributed by atoms with Crippen LogP contribution in [0.5, 0.6) is 5.75 Å². The van der Waals surface area contributed by atoms with E-state index in [2.05, 4.69) is 55.2 Å². The van der Waals surface area contributed by atoms with Crippen LogP contribution < -0.4 is 15.4 Å². The van der Waals surface area contributed by atoms with E-state index in [9.17, 15) is 0 Å². The Hall–Kier alpha value is -3.61. The van der Waals surface area contributed by atoms with Crippen molar-refractivity contribution < 1.29 is 4.74 Å². The van der Waals surface area contributed by atoms with Crippen molar-refractivity contribution in [1.82, 2.24) is 20.2 Å². The zero-order chi connectivity index (χ0) is 19.2. The van der Waals surface area contributed by atoms with Gasteiger partial charge in [0.1, 0.15) is 5.75 Å². The van der Waals surface area contributed by atoms with Gasteiger partial charge >= 0.3 is 0 Å². The Morgan fingerprint density at radius 2 is 1.93 bits per heavy atom. The number of benzene rings is 2. The fraction of sp³-hybridized carbons (Fsp3) is 0.190. The summed E-state index contributed by atoms with van der Waals surface area (Å²) in [5.74, 6) is 1.97. The Bertz CT molecular complexity index is 1040. The molecule has 4 aromatic rings. The van der Waals surface area contributed by atoms with Crippen LogP contribution in [0, 0.1) is 0 Å². The minimum atomic E-state index is 0.496. The zero-order valence-corrected chi connectivity index (χ0v) is 15.6. The van der Waals surface area contributed by atoms with Gasteiger partial charge in [0.05, 0.1) is 12.8 Å². The van der Waals surface area contributed by atoms with Gasteiger partial charge in [0.2, 0.25) is 5.95 Å². The molecule has 0 saturated heterocycles. The van der Waals surface area contributed by atoms with Gasteiger partial charge in [-0.25, -0.2) is 0 Å². The van der Waals surface area contributed by atoms with Crippen molar-refractivity contribution in [3.05, 3.63) is 66.5 Å². The highest BCUT2D eigenvalue weighted by Crippen LogP contribution is 2.20. The number of aromatic amines is 1. The van der Waals surface area contributed by atoms with Crippen LogP contribution in [0.4, 0.5) is 17.5 Å². The Morgan fingerprint density at radius 3 is 2.79 bits per heavy atom. The number of aromatic nitrogens is 4. The third-order valence-corrected chi connectivity index (χ3v) is 4.35. The molecule has 0 radical (unpaired) electrons. The highest BCUT2D eigenvalue weighted by molar-refractivity contribution is 5.83. The first-order chi connectivity index (χ1) is 13.8. The lowest BCUT2D eigenvalue weighted by molar-refractivity contribution is 0.340. The van der Waals surface area contributed by atoms with Crippen LogP contribution in [0.3, 0.4) is 0 Å². The molecule has 142 valence electrons. The number of rotatable bonds is 8. The highest BCUT2D eigenvalue weighted by atomic mass is 16.5. The minimum absolute atomic E-state index is 0.496. The molecule has 0 atom stereocenters. The summed E-state index contributed by atoms with van der Waals surface area (Å²) in [6, 6.07) is 16.0. The molecule has 0 unspecified atom stereocenters. The van der Waals surface area contributed by atoms with Crippen molar-refractivity contribution in [2.75, 3.05) is 23.8 Å². The summed E-state index contributed by atoms with van der Waals surface area (Å²) < 4.78 is 5.45. The molecule has 0 aliphatic carbocycles. The van der Waals surface area contributed by atoms with Crippen LogP contribution in [0.15, 0.2) is 60.9 Å². The van der Waals surface area contributed by atoms with E-state index in [1.165, 1.54) is 10.9 Å². The molecule has 2 heterocycles. The largest absolute Gasteiger partial charge is 0.494 e. The van der Waals surface area contributed by atoms with E-state index in [-0.39, 0.29) is 0 Å². The van der Waals surface area contributed by atoms with Crippen molar-refractivity contribution >= 4 is 28.4 Å². The summed E-state index contributed by atoms with van der Waals surface area (Å²) >= 11 is 0. The number of nitrogens with zero attached hydrogens (tertiary/aromatic N) is 3. The summed E-state index contributed by atoms with van der Waals surface area (Å²) in [6.07, 6.45) is 4.51. The van der Waals surface area contributed by atoms with Gasteiger partial charge in [-0.3, -0.25) is 0 Å². The molecule has 0 amide bonds. The maximum absolute atomic E-state index is 5.45. The number of ether oxygens (including phenoxy) is 1. The van der Waals surface area contributed by atoms with Gasteiger partial charge in [-0.05, 0) is 49.2 Å². The lowest BCUT2D eigenvalue weighted by atomic mass is 10.1. The molecule has 2 aromatic heterocycles. The molecule has 4 rings (SSSR count). The molecule has 0 fully saturated rings. The molecule has 0 spiro atoms. The summed E-state index contributed by atoms with van der Waals surface area (Å²) in [7, 11) is 0. The smallest absolute Gasteiger partial charge is 0.244 e. The van der Waals surface area contributed by atoms with Gasteiger partial charge in [-0.2, -0.15) is 10.1 Å². The predicted molar refractivity (Wildman–Crippen MR) is 111 cm³/mol. The van der Waals surface area contributed by atoms with Crippen LogP contribution in [-0.4, -0.2) is 33.3 Å². The maximum atomic E-state index is 5.45. The minimum Gasteiger partial charge on any atom is -0.494 e. The van der Waals surface area contributed by atoms with Crippen LogP contribution in [0.2, 0.25) is 0 Å². The van der Waals surface area contributed by atoms with Crippen LogP contribution in [-0.2, 0) is 6.42 Å². The first kappa shape index (κ1) is 17.8. The monoisotopic (exact) mass is 374 g/mol. The molecule has 2 aromatic carbocycles. The lowest BCUT2D eigenvalue weighted by Gasteiger charge is -2.08. The van der Waals surface area contributed by atoms with Crippen molar-refractivity contribution in [3.63, 3.8) is 0 Å². The SMILES string of the molecule is CCOc1ccc(Nc2cnnc(NCCc3c[nH]c4ccccc34)n2)cc1. The van der Waals surface area contributed by atoms with Gasteiger partial charge in [0.15, 0.2) is 5.82 Å². The fourth-order valence-electron chi connectivity index (χ4n) is 3.04. The molecule has 28 heavy (non-hydrogen) atoms. The average molecular weight is 374 g/mol. The van der Waals surface area contributed by atoms with E-state index < -0.39 is 0 Å². The van der Waals surface area contributed by atoms with Crippen LogP contribution >= 0.6 is 0 Å². The molecule has 0 saturated carbocycles. The molecular formula is C21H22N6O. The number of para-hydroxylation sites is 1. The molecule has 7 heteroatoms. The van der Waals surface area contributed by atoms with Crippen molar-refractivity contribution in [3.8, 4) is 5.75 Å². The van der Waals surface area contributed by atoms with E-state index in [1.807, 2.05) is 37.3 Å². The van der Waals surface area contributed by atoms with E-state index in [4.69, 9.17) is 4.74 Å². The molecule has 0 aliphatic rings. The highest BCUT2D eigenvalue weighted by Gasteiger charge is 2.05. The molecular weight excluding hydrogens is 352 g/mol. The van der Waals surface area contributed by atoms with Crippen LogP contribution in [0.1, 0.15) is 12.5 Å². The maximum Gasteiger partial charge on any atom is 0.244 e. The molecule has 0 bridgehead atoms. The first-order valence-corrected chi connectivity index (χ1v) is 9.30. The normalized spacial score (nSPS) is 10.8. The first-order valence-electron chi connectivity index (χ1n) is 9.30. The average Bonchev–Trinajstić information content (AvgIpc) is 3.13. The van der Waals surface area contributed by atoms with Crippen LogP contribution in [0.25, 0.3) is 10.9 Å². The van der Waals surface area contributed by atoms with Gasteiger partial charge in [0.25, 0.3) is 0 Å². The standard InChI is InChI=1S/C21H22N6O/c1-2-28-17-9-7-16(8-10-17)25-20-14-24-27-21(26-20)22-12-11-15-13-23-19-6-4-3-5-18(15)19/h3-10,13-14,23H,2,11-12H2,1H3,(H2,22,25,26,27). The number of hydrogen-bond donors (Lipinski definition) is 3. The van der Waals surface area contributed by atoms with Gasteiger partial charge in [-0.15, -0.1) is 5.10 Å². The van der Waals surface area contributed by atoms with Gasteiger partial charge in [0, 0.05) is 29.3 Å². The van der Waals surface area contributed by atoms with E-state index in [1.54, 1.807) is 6.20 Å². The van der Waals surface area contributed by atoms with Crippen molar-refractivity contribution in [2.45, 2.75) is 13.3 Å². The second-order valence-corrected chi connectivity index (χ2v) is 6.28. The summed E-state index contributed by atoms with van der Waals surface area (Å²) in [5, 5.41) is 15.8. The second-order valence-electron chi connectivity index (χ2n) is 6.28. The number of anilines is 3. The van der Waals surface area contributed by atoms with Crippen molar-refractivity contribution in [1.29, 1.82) is 0 Å². The van der Waals surface area contributed by atoms with E-state index in [0.29, 0.717) is 18.4 Å². The number of hydrogen-bond acceptors (Lipinski definition) is 6. The molecule has 7 nitrogen and oxygen atoms in total. The quantitative estimate of drug-likeness (QED) is 0.429. The Kier molecular flexibility index (Phi) is 5.33. The van der Waals surface area contributed by atoms with E-state index >= 15 is 0 Å². The Labute approximate surface area is 163 Å². The third kappa shape index (κ3) is 4.20. The summed E-state index contributed by atoms with van der Waals surface area (Å²) in [4.78, 5) is 7.77. The molecule has 0 aliphatic heterocycles. The summed E-state index contributed by atoms with van der Waals surface area (Å²) in [6.45, 7) is 3.33. The van der Waals surface area contributed by atoms with E-state index in [0.717, 1.165) is 29.9 Å². The topological polar surface area (TPSA) is 87.8 Å². The summed E-state index contributed by atoms with van der Waals surface area (Å²) in [5.41, 5.74) is 3.32. The predicted octanol–water partition coefficient (Wildman–Crippen LogP) is 4.15. The number of fused-ring (bicyclic) bond motifs is 1. The number of H-pyrrole nitrogens is 1. The Balaban J connectivity index is 1.35. The number of nitrogens with one attached hydrogen (secondary N) is 3. The zero-order valence-electron chi connectivity index (χ0n) is 15.6. The fourth-order valence-corrected chi connectivity index (χ4v) is 3.04. The lowest BCUT2D eigenvalue weighted by Crippen LogP contribution is -2.09. The third-order valence-electron chi connectivity index (χ3n) is 4.35. The second kappa shape index (κ2) is 8.39. The van der Waals surface area contributed by atoms with Crippen molar-refractivity contribution in [2.24, 2.45) is 0 Å². The van der Waals surface area contributed by atoms with Gasteiger partial charge < -0.3 is 20.4 Å². The Morgan fingerprint density at radius 1 is 1.07 bits per heavy atom. The van der Waals surface area contributed by atoms with Gasteiger partial charge in [-0.1, -0.05) is 18.2 Å². The molecule has 3 N–H and O–H groups in total.